The zero-order valence-electron chi connectivity index (χ0n) is 15.2. The first-order valence-electron chi connectivity index (χ1n) is 8.01. The van der Waals surface area contributed by atoms with Gasteiger partial charge < -0.3 is 9.47 Å². The van der Waals surface area contributed by atoms with Crippen molar-refractivity contribution in [2.45, 2.75) is 18.6 Å². The minimum Gasteiger partial charge on any atom is -0.495 e. The number of halogens is 2. The summed E-state index contributed by atoms with van der Waals surface area (Å²) in [4.78, 5) is 22.0. The topological polar surface area (TPSA) is 66.2 Å². The Labute approximate surface area is 170 Å². The highest BCUT2D eigenvalue weighted by Crippen LogP contribution is 2.45. The number of thioether (sulfide) groups is 1. The average molecular weight is 426 g/mol. The van der Waals surface area contributed by atoms with Gasteiger partial charge in [-0.1, -0.05) is 35.0 Å². The molecule has 0 aliphatic heterocycles. The fourth-order valence-electron chi connectivity index (χ4n) is 2.84. The predicted octanol–water partition coefficient (Wildman–Crippen LogP) is 4.52. The van der Waals surface area contributed by atoms with Crippen molar-refractivity contribution in [3.63, 3.8) is 0 Å². The van der Waals surface area contributed by atoms with Gasteiger partial charge in [-0.3, -0.25) is 9.36 Å². The molecular weight excluding hydrogens is 409 g/mol. The van der Waals surface area contributed by atoms with Gasteiger partial charge in [-0.05, 0) is 19.2 Å². The Balaban J connectivity index is 2.43. The van der Waals surface area contributed by atoms with Crippen molar-refractivity contribution in [2.24, 2.45) is 0 Å². The molecule has 0 bridgehead atoms. The lowest BCUT2D eigenvalue weighted by molar-refractivity contribution is 0.395. The number of aryl methyl sites for hydroxylation is 1. The number of benzene rings is 1. The predicted molar refractivity (Wildman–Crippen MR) is 110 cm³/mol. The minimum absolute atomic E-state index is 0.240. The van der Waals surface area contributed by atoms with E-state index in [1.807, 2.05) is 13.2 Å². The summed E-state index contributed by atoms with van der Waals surface area (Å²) in [6, 6.07) is 3.28. The van der Waals surface area contributed by atoms with E-state index in [1.165, 1.54) is 26.0 Å². The molecule has 0 aliphatic rings. The molecule has 2 heterocycles. The molecule has 27 heavy (non-hydrogen) atoms. The molecule has 6 nitrogen and oxygen atoms in total. The molecule has 0 fully saturated rings. The number of pyridine rings is 1. The van der Waals surface area contributed by atoms with Gasteiger partial charge in [-0.2, -0.15) is 0 Å². The summed E-state index contributed by atoms with van der Waals surface area (Å²) in [6.45, 7) is 2.31. The van der Waals surface area contributed by atoms with E-state index in [4.69, 9.17) is 32.7 Å². The summed E-state index contributed by atoms with van der Waals surface area (Å²) in [5.74, 6) is 0.730. The first kappa shape index (κ1) is 19.8. The second-order valence-corrected chi connectivity index (χ2v) is 7.06. The molecular formula is C18H17Cl2N3O3S. The fraction of sp³-hybridized carbons (Fsp3) is 0.278. The van der Waals surface area contributed by atoms with Gasteiger partial charge in [0.15, 0.2) is 5.16 Å². The van der Waals surface area contributed by atoms with E-state index in [0.29, 0.717) is 45.4 Å². The molecule has 142 valence electrons. The molecule has 0 aliphatic carbocycles. The van der Waals surface area contributed by atoms with Crippen LogP contribution in [-0.4, -0.2) is 35.0 Å². The Morgan fingerprint density at radius 1 is 1.15 bits per heavy atom. The largest absolute Gasteiger partial charge is 0.495 e. The summed E-state index contributed by atoms with van der Waals surface area (Å²) in [5.41, 5.74) is 0.997. The number of methoxy groups -OCH3 is 2. The van der Waals surface area contributed by atoms with E-state index >= 15 is 0 Å². The van der Waals surface area contributed by atoms with Crippen molar-refractivity contribution < 1.29 is 9.47 Å². The van der Waals surface area contributed by atoms with Crippen LogP contribution in [-0.2, 0) is 6.54 Å². The number of nitrogens with zero attached hydrogens (tertiary/aromatic N) is 3. The van der Waals surface area contributed by atoms with Crippen LogP contribution in [0.1, 0.15) is 6.92 Å². The van der Waals surface area contributed by atoms with Crippen molar-refractivity contribution in [1.29, 1.82) is 0 Å². The molecule has 0 atom stereocenters. The van der Waals surface area contributed by atoms with Crippen LogP contribution in [0.3, 0.4) is 0 Å². The van der Waals surface area contributed by atoms with Crippen LogP contribution < -0.4 is 15.0 Å². The van der Waals surface area contributed by atoms with Crippen molar-refractivity contribution in [2.75, 3.05) is 20.5 Å². The first-order valence-corrected chi connectivity index (χ1v) is 9.99. The number of hydrogen-bond donors (Lipinski definition) is 0. The third kappa shape index (κ3) is 3.35. The second kappa shape index (κ2) is 7.96. The number of aromatic nitrogens is 3. The van der Waals surface area contributed by atoms with Crippen molar-refractivity contribution in [3.05, 3.63) is 38.7 Å². The minimum atomic E-state index is -0.255. The van der Waals surface area contributed by atoms with Crippen molar-refractivity contribution in [1.82, 2.24) is 14.5 Å². The normalized spacial score (nSPS) is 11.0. The highest BCUT2D eigenvalue weighted by Gasteiger charge is 2.22. The molecule has 0 radical (unpaired) electrons. The van der Waals surface area contributed by atoms with E-state index in [1.54, 1.807) is 22.9 Å². The number of fused-ring (bicyclic) bond motifs is 1. The maximum Gasteiger partial charge on any atom is 0.260 e. The van der Waals surface area contributed by atoms with Gasteiger partial charge in [0, 0.05) is 29.8 Å². The zero-order chi connectivity index (χ0) is 19.7. The van der Waals surface area contributed by atoms with Crippen LogP contribution in [0.2, 0.25) is 10.0 Å². The van der Waals surface area contributed by atoms with Gasteiger partial charge in [-0.25, -0.2) is 9.97 Å². The highest BCUT2D eigenvalue weighted by molar-refractivity contribution is 7.98. The summed E-state index contributed by atoms with van der Waals surface area (Å²) in [7, 11) is 2.97. The second-order valence-electron chi connectivity index (χ2n) is 5.53. The Morgan fingerprint density at radius 2 is 1.78 bits per heavy atom. The molecule has 1 aromatic carbocycles. The van der Waals surface area contributed by atoms with Gasteiger partial charge in [0.1, 0.15) is 17.1 Å². The summed E-state index contributed by atoms with van der Waals surface area (Å²) < 4.78 is 12.2. The Hall–Kier alpha value is -1.96. The van der Waals surface area contributed by atoms with E-state index in [2.05, 4.69) is 9.97 Å². The summed E-state index contributed by atoms with van der Waals surface area (Å²) in [6.07, 6.45) is 3.56. The third-order valence-electron chi connectivity index (χ3n) is 4.15. The molecule has 3 rings (SSSR count). The third-order valence-corrected chi connectivity index (χ3v) is 5.46. The van der Waals surface area contributed by atoms with Crippen LogP contribution in [0.4, 0.5) is 0 Å². The highest BCUT2D eigenvalue weighted by atomic mass is 35.5. The Bertz CT molecular complexity index is 1060. The van der Waals surface area contributed by atoms with Gasteiger partial charge in [0.2, 0.25) is 0 Å². The molecule has 9 heteroatoms. The maximum absolute atomic E-state index is 13.2. The molecule has 3 aromatic rings. The first-order chi connectivity index (χ1) is 13.0. The number of rotatable bonds is 5. The van der Waals surface area contributed by atoms with Crippen molar-refractivity contribution >= 4 is 46.0 Å². The molecule has 0 amide bonds. The van der Waals surface area contributed by atoms with E-state index in [-0.39, 0.29) is 15.6 Å². The molecule has 0 N–H and O–H groups in total. The number of hydrogen-bond acceptors (Lipinski definition) is 6. The SMILES string of the molecule is CCn1c(=O)c(-c2c(Cl)c(OC)cc(OC)c2Cl)cc2cnc(SC)nc21. The fourth-order valence-corrected chi connectivity index (χ4v) is 3.88. The van der Waals surface area contributed by atoms with Crippen molar-refractivity contribution in [3.8, 4) is 22.6 Å². The van der Waals surface area contributed by atoms with Gasteiger partial charge in [0.05, 0.1) is 29.8 Å². The van der Waals surface area contributed by atoms with Gasteiger partial charge in [-0.15, -0.1) is 0 Å². The molecule has 0 saturated carbocycles. The zero-order valence-corrected chi connectivity index (χ0v) is 17.5. The van der Waals surface area contributed by atoms with E-state index in [0.717, 1.165) is 0 Å². The van der Waals surface area contributed by atoms with E-state index in [9.17, 15) is 4.79 Å². The lowest BCUT2D eigenvalue weighted by Gasteiger charge is -2.16. The quantitative estimate of drug-likeness (QED) is 0.441. The molecule has 0 unspecified atom stereocenters. The molecule has 2 aromatic heterocycles. The average Bonchev–Trinajstić information content (AvgIpc) is 2.68. The molecule has 0 saturated heterocycles. The Kier molecular flexibility index (Phi) is 5.83. The van der Waals surface area contributed by atoms with Crippen LogP contribution in [0.5, 0.6) is 11.5 Å². The molecule has 0 spiro atoms. The van der Waals surface area contributed by atoms with Crippen LogP contribution in [0.15, 0.2) is 28.3 Å². The van der Waals surface area contributed by atoms with Gasteiger partial charge in [0.25, 0.3) is 5.56 Å². The Morgan fingerprint density at radius 3 is 2.30 bits per heavy atom. The monoisotopic (exact) mass is 425 g/mol. The lowest BCUT2D eigenvalue weighted by atomic mass is 10.0. The van der Waals surface area contributed by atoms with Crippen LogP contribution in [0.25, 0.3) is 22.2 Å². The number of ether oxygens (including phenoxy) is 2. The van der Waals surface area contributed by atoms with Crippen LogP contribution >= 0.6 is 35.0 Å². The standard InChI is InChI=1S/C18H17Cl2N3O3S/c1-5-23-16-9(8-21-18(22-16)27-4)6-10(17(23)24)13-14(19)11(25-2)7-12(26-3)15(13)20/h6-8H,5H2,1-4H3. The van der Waals surface area contributed by atoms with E-state index < -0.39 is 0 Å². The van der Waals surface area contributed by atoms with Gasteiger partial charge >= 0.3 is 0 Å². The summed E-state index contributed by atoms with van der Waals surface area (Å²) >= 11 is 14.4. The maximum atomic E-state index is 13.2. The lowest BCUT2D eigenvalue weighted by Crippen LogP contribution is -2.22. The smallest absolute Gasteiger partial charge is 0.260 e. The summed E-state index contributed by atoms with van der Waals surface area (Å²) in [5, 5.41) is 1.78. The van der Waals surface area contributed by atoms with Crippen LogP contribution in [0, 0.1) is 0 Å².